The van der Waals surface area contributed by atoms with Gasteiger partial charge in [0.05, 0.1) is 20.9 Å². The van der Waals surface area contributed by atoms with E-state index in [0.717, 1.165) is 21.5 Å². The number of aryl methyl sites for hydroxylation is 1. The number of ether oxygens (including phenoxy) is 1. The molecule has 2 fully saturated rings. The number of aromatic nitrogens is 2. The lowest BCUT2D eigenvalue weighted by Crippen LogP contribution is -2.47. The standard InChI is InChI=1S/C17H20BrN3O3S/c1-20-9-6-19-15(20)17(23)10-16(24-11-17)4-7-21(8-5-16)14(22)12-2-3-13(18)25-12/h2-3,6,9,23H,4-5,7-8,10-11H2,1H3/t17-/m1/s1. The summed E-state index contributed by atoms with van der Waals surface area (Å²) in [5, 5.41) is 11.0. The first-order chi connectivity index (χ1) is 11.9. The molecule has 25 heavy (non-hydrogen) atoms. The van der Waals surface area contributed by atoms with Gasteiger partial charge in [0.15, 0.2) is 0 Å². The van der Waals surface area contributed by atoms with Crippen molar-refractivity contribution in [3.63, 3.8) is 0 Å². The average molecular weight is 426 g/mol. The minimum Gasteiger partial charge on any atom is -0.379 e. The van der Waals surface area contributed by atoms with Crippen LogP contribution in [0.15, 0.2) is 28.3 Å². The zero-order valence-corrected chi connectivity index (χ0v) is 16.3. The van der Waals surface area contributed by atoms with Crippen LogP contribution in [0.1, 0.15) is 34.8 Å². The van der Waals surface area contributed by atoms with Gasteiger partial charge in [0.25, 0.3) is 5.91 Å². The van der Waals surface area contributed by atoms with Crippen LogP contribution in [0.4, 0.5) is 0 Å². The molecule has 1 atom stereocenters. The van der Waals surface area contributed by atoms with Gasteiger partial charge in [0.1, 0.15) is 11.4 Å². The summed E-state index contributed by atoms with van der Waals surface area (Å²) < 4.78 is 8.87. The quantitative estimate of drug-likeness (QED) is 0.802. The number of likely N-dealkylation sites (tertiary alicyclic amines) is 1. The van der Waals surface area contributed by atoms with Crippen LogP contribution in [-0.2, 0) is 17.4 Å². The summed E-state index contributed by atoms with van der Waals surface area (Å²) in [4.78, 5) is 19.5. The molecule has 2 aromatic rings. The second-order valence-electron chi connectivity index (χ2n) is 6.94. The first-order valence-corrected chi connectivity index (χ1v) is 9.91. The molecule has 0 bridgehead atoms. The van der Waals surface area contributed by atoms with E-state index in [1.54, 1.807) is 6.20 Å². The Hall–Kier alpha value is -1.22. The predicted molar refractivity (Wildman–Crippen MR) is 97.6 cm³/mol. The Bertz CT molecular complexity index is 797. The molecule has 1 amide bonds. The smallest absolute Gasteiger partial charge is 0.263 e. The molecule has 6 nitrogen and oxygen atoms in total. The van der Waals surface area contributed by atoms with Crippen molar-refractivity contribution in [3.05, 3.63) is 39.0 Å². The molecule has 0 aromatic carbocycles. The van der Waals surface area contributed by atoms with Crippen LogP contribution in [-0.4, -0.2) is 50.8 Å². The van der Waals surface area contributed by atoms with Crippen molar-refractivity contribution < 1.29 is 14.6 Å². The fourth-order valence-corrected chi connectivity index (χ4v) is 5.24. The van der Waals surface area contributed by atoms with Crippen molar-refractivity contribution in [1.29, 1.82) is 0 Å². The van der Waals surface area contributed by atoms with Crippen molar-refractivity contribution in [2.45, 2.75) is 30.5 Å². The number of imidazole rings is 1. The fourth-order valence-electron chi connectivity index (χ4n) is 3.89. The molecule has 1 spiro atoms. The van der Waals surface area contributed by atoms with Gasteiger partial charge in [-0.05, 0) is 40.9 Å². The van der Waals surface area contributed by atoms with Gasteiger partial charge in [-0.2, -0.15) is 0 Å². The molecular formula is C17H20BrN3O3S. The lowest BCUT2D eigenvalue weighted by Gasteiger charge is -2.38. The van der Waals surface area contributed by atoms with Gasteiger partial charge in [0.2, 0.25) is 0 Å². The monoisotopic (exact) mass is 425 g/mol. The van der Waals surface area contributed by atoms with E-state index in [1.807, 2.05) is 34.8 Å². The van der Waals surface area contributed by atoms with E-state index in [9.17, 15) is 9.90 Å². The van der Waals surface area contributed by atoms with Gasteiger partial charge in [-0.1, -0.05) is 0 Å². The van der Waals surface area contributed by atoms with Crippen molar-refractivity contribution in [2.75, 3.05) is 19.7 Å². The van der Waals surface area contributed by atoms with E-state index in [0.29, 0.717) is 25.3 Å². The number of aliphatic hydroxyl groups is 1. The van der Waals surface area contributed by atoms with Crippen LogP contribution in [0.25, 0.3) is 0 Å². The van der Waals surface area contributed by atoms with Gasteiger partial charge in [0, 0.05) is 39.0 Å². The number of carbonyl (C=O) groups excluding carboxylic acids is 1. The summed E-state index contributed by atoms with van der Waals surface area (Å²) in [6.45, 7) is 1.54. The Kier molecular flexibility index (Phi) is 4.26. The second kappa shape index (κ2) is 6.19. The molecule has 2 aliphatic heterocycles. The van der Waals surface area contributed by atoms with Crippen molar-refractivity contribution in [3.8, 4) is 0 Å². The summed E-state index contributed by atoms with van der Waals surface area (Å²) in [6.07, 6.45) is 5.52. The van der Waals surface area contributed by atoms with Gasteiger partial charge >= 0.3 is 0 Å². The summed E-state index contributed by atoms with van der Waals surface area (Å²) in [6, 6.07) is 3.75. The molecule has 0 unspecified atom stereocenters. The highest BCUT2D eigenvalue weighted by Crippen LogP contribution is 2.45. The Morgan fingerprint density at radius 1 is 1.40 bits per heavy atom. The van der Waals surface area contributed by atoms with E-state index >= 15 is 0 Å². The number of carbonyl (C=O) groups is 1. The third-order valence-corrected chi connectivity index (χ3v) is 6.83. The highest BCUT2D eigenvalue weighted by atomic mass is 79.9. The van der Waals surface area contributed by atoms with E-state index in [-0.39, 0.29) is 18.1 Å². The summed E-state index contributed by atoms with van der Waals surface area (Å²) in [5.41, 5.74) is -1.42. The maximum atomic E-state index is 12.6. The van der Waals surface area contributed by atoms with Gasteiger partial charge in [-0.15, -0.1) is 11.3 Å². The third-order valence-electron chi connectivity index (χ3n) is 5.22. The first-order valence-electron chi connectivity index (χ1n) is 8.30. The van der Waals surface area contributed by atoms with E-state index in [2.05, 4.69) is 20.9 Å². The SMILES string of the molecule is Cn1ccnc1[C@]1(O)COC2(CCN(C(=O)c3ccc(Br)s3)CC2)C1. The molecule has 4 heterocycles. The molecule has 0 aliphatic carbocycles. The molecule has 2 aliphatic rings. The Morgan fingerprint density at radius 3 is 2.76 bits per heavy atom. The highest BCUT2D eigenvalue weighted by molar-refractivity contribution is 9.11. The second-order valence-corrected chi connectivity index (χ2v) is 9.40. The fraction of sp³-hybridized carbons (Fsp3) is 0.529. The molecule has 8 heteroatoms. The van der Waals surface area contributed by atoms with Crippen LogP contribution in [0.3, 0.4) is 0 Å². The van der Waals surface area contributed by atoms with Crippen molar-refractivity contribution in [1.82, 2.24) is 14.5 Å². The Labute approximate surface area is 158 Å². The first kappa shape index (κ1) is 17.2. The normalized spacial score (nSPS) is 25.6. The highest BCUT2D eigenvalue weighted by Gasteiger charge is 2.52. The lowest BCUT2D eigenvalue weighted by molar-refractivity contribution is -0.0437. The van der Waals surface area contributed by atoms with E-state index in [4.69, 9.17) is 4.74 Å². The topological polar surface area (TPSA) is 67.6 Å². The maximum absolute atomic E-state index is 12.6. The number of piperidine rings is 1. The number of hydrogen-bond donors (Lipinski definition) is 1. The number of halogens is 1. The molecule has 0 radical (unpaired) electrons. The van der Waals surface area contributed by atoms with Gasteiger partial charge in [-0.25, -0.2) is 4.98 Å². The van der Waals surface area contributed by atoms with Crippen LogP contribution in [0, 0.1) is 0 Å². The molecule has 1 N–H and O–H groups in total. The van der Waals surface area contributed by atoms with Crippen molar-refractivity contribution in [2.24, 2.45) is 7.05 Å². The molecule has 4 rings (SSSR count). The van der Waals surface area contributed by atoms with Crippen LogP contribution >= 0.6 is 27.3 Å². The molecular weight excluding hydrogens is 406 g/mol. The molecule has 2 aromatic heterocycles. The minimum absolute atomic E-state index is 0.0721. The zero-order chi connectivity index (χ0) is 17.7. The number of hydrogen-bond acceptors (Lipinski definition) is 5. The van der Waals surface area contributed by atoms with Crippen molar-refractivity contribution >= 4 is 33.2 Å². The Morgan fingerprint density at radius 2 is 2.16 bits per heavy atom. The average Bonchev–Trinajstić information content (AvgIpc) is 3.29. The third kappa shape index (κ3) is 3.05. The molecule has 0 saturated carbocycles. The van der Waals surface area contributed by atoms with E-state index in [1.165, 1.54) is 11.3 Å². The Balaban J connectivity index is 1.44. The molecule has 134 valence electrons. The number of thiophene rings is 1. The molecule has 2 saturated heterocycles. The van der Waals surface area contributed by atoms with Crippen LogP contribution < -0.4 is 0 Å². The van der Waals surface area contributed by atoms with Gasteiger partial charge in [-0.3, -0.25) is 4.79 Å². The maximum Gasteiger partial charge on any atom is 0.263 e. The largest absolute Gasteiger partial charge is 0.379 e. The van der Waals surface area contributed by atoms with Crippen LogP contribution in [0.2, 0.25) is 0 Å². The zero-order valence-electron chi connectivity index (χ0n) is 13.9. The summed E-state index contributed by atoms with van der Waals surface area (Å²) in [7, 11) is 1.88. The van der Waals surface area contributed by atoms with E-state index < -0.39 is 5.60 Å². The summed E-state index contributed by atoms with van der Waals surface area (Å²) >= 11 is 4.86. The predicted octanol–water partition coefficient (Wildman–Crippen LogP) is 2.53. The minimum atomic E-state index is -1.05. The number of rotatable bonds is 2. The number of amides is 1. The van der Waals surface area contributed by atoms with Crippen LogP contribution in [0.5, 0.6) is 0 Å². The summed E-state index contributed by atoms with van der Waals surface area (Å²) in [5.74, 6) is 0.717. The number of nitrogens with zero attached hydrogens (tertiary/aromatic N) is 3. The van der Waals surface area contributed by atoms with Gasteiger partial charge < -0.3 is 19.3 Å². The lowest BCUT2D eigenvalue weighted by atomic mass is 9.83.